The second-order valence-corrected chi connectivity index (χ2v) is 7.50. The monoisotopic (exact) mass is 378 g/mol. The fraction of sp³-hybridized carbons (Fsp3) is 0.846. The van der Waals surface area contributed by atoms with Gasteiger partial charge in [0, 0.05) is 13.1 Å². The number of hydroxylamine groups is 3. The summed E-state index contributed by atoms with van der Waals surface area (Å²) in [6.45, 7) is 2.37. The van der Waals surface area contributed by atoms with Gasteiger partial charge in [0.25, 0.3) is 5.91 Å². The summed E-state index contributed by atoms with van der Waals surface area (Å²) in [5, 5.41) is 3.86. The van der Waals surface area contributed by atoms with Crippen molar-refractivity contribution < 1.29 is 31.7 Å². The lowest BCUT2D eigenvalue weighted by molar-refractivity contribution is -0.140. The quantitative estimate of drug-likeness (QED) is 0.397. The minimum absolute atomic E-state index is 0.152. The molecule has 0 aliphatic carbocycles. The lowest BCUT2D eigenvalue weighted by atomic mass is 10.0. The van der Waals surface area contributed by atoms with Crippen LogP contribution >= 0.6 is 0 Å². The summed E-state index contributed by atoms with van der Waals surface area (Å²) in [4.78, 5) is 31.0. The van der Waals surface area contributed by atoms with E-state index in [1.807, 2.05) is 0 Å². The van der Waals surface area contributed by atoms with Gasteiger partial charge in [-0.2, -0.15) is 13.5 Å². The lowest BCUT2D eigenvalue weighted by Crippen LogP contribution is -2.50. The van der Waals surface area contributed by atoms with E-state index in [-0.39, 0.29) is 6.54 Å². The van der Waals surface area contributed by atoms with E-state index in [4.69, 9.17) is 9.39 Å². The first-order chi connectivity index (χ1) is 11.8. The molecule has 11 nitrogen and oxygen atoms in total. The molecule has 0 radical (unpaired) electrons. The number of carbonyl (C=O) groups is 2. The number of nitrogens with zero attached hydrogens (tertiary/aromatic N) is 2. The maximum absolute atomic E-state index is 12.3. The van der Waals surface area contributed by atoms with Gasteiger partial charge in [-0.15, -0.1) is 4.28 Å². The molecular weight excluding hydrogens is 356 g/mol. The Labute approximate surface area is 145 Å². The van der Waals surface area contributed by atoms with Crippen molar-refractivity contribution in [2.75, 3.05) is 26.2 Å². The fourth-order valence-electron chi connectivity index (χ4n) is 3.47. The molecule has 3 fully saturated rings. The molecule has 3 N–H and O–H groups in total. The zero-order valence-electron chi connectivity index (χ0n) is 13.6. The number of piperidine rings is 2. The Morgan fingerprint density at radius 1 is 1.36 bits per heavy atom. The predicted molar refractivity (Wildman–Crippen MR) is 83.1 cm³/mol. The molecule has 142 valence electrons. The maximum Gasteiger partial charge on any atom is 0.418 e. The number of hydrogen-bond donors (Lipinski definition) is 3. The van der Waals surface area contributed by atoms with Crippen LogP contribution in [0.15, 0.2) is 0 Å². The first-order valence-corrected chi connectivity index (χ1v) is 9.61. The molecule has 0 aromatic carbocycles. The highest BCUT2D eigenvalue weighted by Gasteiger charge is 2.49. The van der Waals surface area contributed by atoms with Crippen molar-refractivity contribution in [2.24, 2.45) is 5.92 Å². The van der Waals surface area contributed by atoms with Crippen LogP contribution < -0.4 is 10.8 Å². The SMILES string of the molecule is O=C(NOCC1CCCNC1)[C@@H]1CCC2CN1C(=O)N2OS(=O)(=O)O. The molecule has 3 heterocycles. The molecule has 3 amide bonds. The van der Waals surface area contributed by atoms with Gasteiger partial charge in [-0.25, -0.2) is 10.3 Å². The van der Waals surface area contributed by atoms with Gasteiger partial charge in [-0.1, -0.05) is 0 Å². The molecule has 3 rings (SSSR count). The summed E-state index contributed by atoms with van der Waals surface area (Å²) in [7, 11) is -4.80. The van der Waals surface area contributed by atoms with Crippen LogP contribution in [-0.4, -0.2) is 73.2 Å². The molecule has 3 atom stereocenters. The average Bonchev–Trinajstić information content (AvgIpc) is 2.79. The van der Waals surface area contributed by atoms with Crippen LogP contribution in [0.1, 0.15) is 25.7 Å². The Morgan fingerprint density at radius 3 is 2.84 bits per heavy atom. The molecule has 0 saturated carbocycles. The highest BCUT2D eigenvalue weighted by molar-refractivity contribution is 7.80. The van der Waals surface area contributed by atoms with E-state index < -0.39 is 34.4 Å². The Morgan fingerprint density at radius 2 is 2.16 bits per heavy atom. The van der Waals surface area contributed by atoms with E-state index in [9.17, 15) is 18.0 Å². The highest BCUT2D eigenvalue weighted by atomic mass is 32.3. The molecular formula is C13H22N4O7S. The van der Waals surface area contributed by atoms with Crippen LogP contribution in [0.5, 0.6) is 0 Å². The van der Waals surface area contributed by atoms with E-state index >= 15 is 0 Å². The Kier molecular flexibility index (Phi) is 5.43. The third kappa shape index (κ3) is 4.39. The van der Waals surface area contributed by atoms with Gasteiger partial charge in [-0.3, -0.25) is 14.2 Å². The van der Waals surface area contributed by atoms with Gasteiger partial charge in [0.1, 0.15) is 6.04 Å². The molecule has 25 heavy (non-hydrogen) atoms. The summed E-state index contributed by atoms with van der Waals surface area (Å²) in [5.74, 6) is -0.124. The van der Waals surface area contributed by atoms with Crippen molar-refractivity contribution in [3.05, 3.63) is 0 Å². The van der Waals surface area contributed by atoms with Gasteiger partial charge in [0.05, 0.1) is 12.6 Å². The maximum atomic E-state index is 12.3. The largest absolute Gasteiger partial charge is 0.418 e. The summed E-state index contributed by atoms with van der Waals surface area (Å²) in [6.07, 6.45) is 2.82. The Bertz CT molecular complexity index is 622. The van der Waals surface area contributed by atoms with E-state index in [0.29, 0.717) is 30.4 Å². The molecule has 0 spiro atoms. The highest BCUT2D eigenvalue weighted by Crippen LogP contribution is 2.30. The summed E-state index contributed by atoms with van der Waals surface area (Å²) < 4.78 is 34.8. The number of urea groups is 1. The molecule has 3 saturated heterocycles. The molecule has 0 aromatic rings. The third-order valence-electron chi connectivity index (χ3n) is 4.69. The van der Waals surface area contributed by atoms with Crippen molar-refractivity contribution in [3.63, 3.8) is 0 Å². The zero-order chi connectivity index (χ0) is 18.0. The number of hydrogen-bond acceptors (Lipinski definition) is 7. The predicted octanol–water partition coefficient (Wildman–Crippen LogP) is -0.963. The van der Waals surface area contributed by atoms with E-state index in [2.05, 4.69) is 15.1 Å². The second-order valence-electron chi connectivity index (χ2n) is 6.50. The van der Waals surface area contributed by atoms with Crippen LogP contribution in [0.2, 0.25) is 0 Å². The van der Waals surface area contributed by atoms with Gasteiger partial charge < -0.3 is 10.2 Å². The van der Waals surface area contributed by atoms with Crippen LogP contribution in [0.25, 0.3) is 0 Å². The third-order valence-corrected chi connectivity index (χ3v) is 5.04. The van der Waals surface area contributed by atoms with Gasteiger partial charge >= 0.3 is 16.4 Å². The van der Waals surface area contributed by atoms with Crippen LogP contribution in [0.4, 0.5) is 4.79 Å². The average molecular weight is 378 g/mol. The van der Waals surface area contributed by atoms with Crippen molar-refractivity contribution in [3.8, 4) is 0 Å². The van der Waals surface area contributed by atoms with Crippen LogP contribution in [0.3, 0.4) is 0 Å². The molecule has 0 aromatic heterocycles. The van der Waals surface area contributed by atoms with Crippen LogP contribution in [-0.2, 0) is 24.3 Å². The van der Waals surface area contributed by atoms with E-state index in [0.717, 1.165) is 25.9 Å². The number of carbonyl (C=O) groups excluding carboxylic acids is 2. The number of fused-ring (bicyclic) bond motifs is 2. The molecule has 2 unspecified atom stereocenters. The number of nitrogens with one attached hydrogen (secondary N) is 2. The van der Waals surface area contributed by atoms with Gasteiger partial charge in [-0.05, 0) is 38.1 Å². The number of rotatable bonds is 6. The summed E-state index contributed by atoms with van der Waals surface area (Å²) >= 11 is 0. The minimum Gasteiger partial charge on any atom is -0.316 e. The van der Waals surface area contributed by atoms with E-state index in [1.165, 1.54) is 4.90 Å². The van der Waals surface area contributed by atoms with Crippen molar-refractivity contribution in [1.29, 1.82) is 0 Å². The van der Waals surface area contributed by atoms with Gasteiger partial charge in [0.2, 0.25) is 0 Å². The summed E-state index contributed by atoms with van der Waals surface area (Å²) in [5.41, 5.74) is 2.38. The summed E-state index contributed by atoms with van der Waals surface area (Å²) in [6, 6.07) is -2.05. The van der Waals surface area contributed by atoms with Crippen molar-refractivity contribution in [1.82, 2.24) is 20.8 Å². The zero-order valence-corrected chi connectivity index (χ0v) is 14.4. The first kappa shape index (κ1) is 18.3. The smallest absolute Gasteiger partial charge is 0.316 e. The fourth-order valence-corrected chi connectivity index (χ4v) is 3.86. The van der Waals surface area contributed by atoms with Crippen LogP contribution in [0, 0.1) is 5.92 Å². The van der Waals surface area contributed by atoms with E-state index in [1.54, 1.807) is 0 Å². The normalized spacial score (nSPS) is 29.8. The standard InChI is InChI=1S/C13H22N4O7S/c18-12(15-23-8-9-2-1-5-14-6-9)11-4-3-10-7-16(11)13(19)17(10)24-25(20,21)22/h9-11,14H,1-8H2,(H,15,18)(H,20,21,22)/t9?,10?,11-/m0/s1. The van der Waals surface area contributed by atoms with Crippen molar-refractivity contribution in [2.45, 2.75) is 37.8 Å². The topological polar surface area (TPSA) is 138 Å². The minimum atomic E-state index is -4.80. The van der Waals surface area contributed by atoms with Crippen molar-refractivity contribution >= 4 is 22.3 Å². The second kappa shape index (κ2) is 7.41. The molecule has 3 aliphatic rings. The molecule has 2 bridgehead atoms. The Balaban J connectivity index is 1.51. The number of amides is 3. The lowest BCUT2D eigenvalue weighted by Gasteiger charge is -2.29. The molecule has 12 heteroatoms. The Hall–Kier alpha value is -1.47. The van der Waals surface area contributed by atoms with Gasteiger partial charge in [0.15, 0.2) is 0 Å². The molecule has 3 aliphatic heterocycles. The first-order valence-electron chi connectivity index (χ1n) is 8.24.